The van der Waals surface area contributed by atoms with Crippen LogP contribution in [0.15, 0.2) is 34.6 Å². The predicted octanol–water partition coefficient (Wildman–Crippen LogP) is 3.82. The van der Waals surface area contributed by atoms with Crippen molar-refractivity contribution < 1.29 is 9.21 Å². The van der Waals surface area contributed by atoms with Crippen molar-refractivity contribution in [3.63, 3.8) is 0 Å². The van der Waals surface area contributed by atoms with Crippen LogP contribution in [0.4, 0.5) is 0 Å². The molecule has 1 fully saturated rings. The van der Waals surface area contributed by atoms with E-state index in [1.165, 1.54) is 31.0 Å². The molecule has 3 rings (SSSR count). The Labute approximate surface area is 158 Å². The monoisotopic (exact) mass is 374 g/mol. The van der Waals surface area contributed by atoms with E-state index in [0.717, 1.165) is 23.6 Å². The van der Waals surface area contributed by atoms with Crippen LogP contribution in [-0.2, 0) is 11.3 Å². The van der Waals surface area contributed by atoms with Gasteiger partial charge in [0.05, 0.1) is 17.6 Å². The first-order valence-electron chi connectivity index (χ1n) is 9.11. The SMILES string of the molecule is C=CCn1c(SCC(=O)N[C@@H]2CCCC[C@H]2C)nnc1-c1ccoc1C. The van der Waals surface area contributed by atoms with Gasteiger partial charge >= 0.3 is 0 Å². The third kappa shape index (κ3) is 4.20. The Hall–Kier alpha value is -2.02. The quantitative estimate of drug-likeness (QED) is 0.589. The van der Waals surface area contributed by atoms with E-state index in [2.05, 4.69) is 29.0 Å². The van der Waals surface area contributed by atoms with Crippen LogP contribution in [0, 0.1) is 12.8 Å². The summed E-state index contributed by atoms with van der Waals surface area (Å²) in [6.07, 6.45) is 8.18. The van der Waals surface area contributed by atoms with Crippen molar-refractivity contribution in [1.82, 2.24) is 20.1 Å². The summed E-state index contributed by atoms with van der Waals surface area (Å²) in [5.41, 5.74) is 0.909. The van der Waals surface area contributed by atoms with E-state index in [9.17, 15) is 4.79 Å². The van der Waals surface area contributed by atoms with E-state index in [4.69, 9.17) is 4.42 Å². The molecule has 0 saturated heterocycles. The topological polar surface area (TPSA) is 73.0 Å². The van der Waals surface area contributed by atoms with Crippen molar-refractivity contribution in [3.05, 3.63) is 30.7 Å². The summed E-state index contributed by atoms with van der Waals surface area (Å²) in [5, 5.41) is 12.5. The number of rotatable bonds is 7. The van der Waals surface area contributed by atoms with Gasteiger partial charge < -0.3 is 9.73 Å². The van der Waals surface area contributed by atoms with E-state index in [1.54, 1.807) is 12.3 Å². The van der Waals surface area contributed by atoms with Crippen LogP contribution in [0.1, 0.15) is 38.4 Å². The minimum atomic E-state index is 0.0583. The largest absolute Gasteiger partial charge is 0.469 e. The Bertz CT molecular complexity index is 767. The predicted molar refractivity (Wildman–Crippen MR) is 103 cm³/mol. The first-order valence-corrected chi connectivity index (χ1v) is 10.1. The molecule has 0 radical (unpaired) electrons. The van der Waals surface area contributed by atoms with E-state index >= 15 is 0 Å². The van der Waals surface area contributed by atoms with Gasteiger partial charge in [0.25, 0.3) is 0 Å². The zero-order valence-electron chi connectivity index (χ0n) is 15.4. The number of amides is 1. The zero-order valence-corrected chi connectivity index (χ0v) is 16.2. The molecule has 2 aromatic rings. The summed E-state index contributed by atoms with van der Waals surface area (Å²) in [6, 6.07) is 2.18. The molecule has 2 atom stereocenters. The second-order valence-corrected chi connectivity index (χ2v) is 7.76. The Balaban J connectivity index is 1.66. The summed E-state index contributed by atoms with van der Waals surface area (Å²) in [4.78, 5) is 12.4. The average Bonchev–Trinajstić information content (AvgIpc) is 3.21. The maximum Gasteiger partial charge on any atom is 0.230 e. The molecule has 1 aliphatic rings. The van der Waals surface area contributed by atoms with E-state index < -0.39 is 0 Å². The lowest BCUT2D eigenvalue weighted by atomic mass is 9.86. The van der Waals surface area contributed by atoms with Crippen molar-refractivity contribution in [2.75, 3.05) is 5.75 Å². The number of hydrogen-bond acceptors (Lipinski definition) is 5. The fourth-order valence-corrected chi connectivity index (χ4v) is 4.17. The van der Waals surface area contributed by atoms with Gasteiger partial charge in [-0.2, -0.15) is 0 Å². The van der Waals surface area contributed by atoms with Gasteiger partial charge in [-0.1, -0.05) is 37.6 Å². The van der Waals surface area contributed by atoms with Crippen LogP contribution in [0.3, 0.4) is 0 Å². The van der Waals surface area contributed by atoms with Crippen LogP contribution in [0.25, 0.3) is 11.4 Å². The highest BCUT2D eigenvalue weighted by atomic mass is 32.2. The van der Waals surface area contributed by atoms with Crippen LogP contribution < -0.4 is 5.32 Å². The summed E-state index contributed by atoms with van der Waals surface area (Å²) >= 11 is 1.41. The molecule has 0 aliphatic heterocycles. The van der Waals surface area contributed by atoms with E-state index in [0.29, 0.717) is 29.4 Å². The van der Waals surface area contributed by atoms with Crippen molar-refractivity contribution in [3.8, 4) is 11.4 Å². The van der Waals surface area contributed by atoms with Crippen LogP contribution in [-0.4, -0.2) is 32.5 Å². The fourth-order valence-electron chi connectivity index (χ4n) is 3.41. The maximum absolute atomic E-state index is 12.4. The van der Waals surface area contributed by atoms with Crippen LogP contribution in [0.5, 0.6) is 0 Å². The lowest BCUT2D eigenvalue weighted by molar-refractivity contribution is -0.119. The first kappa shape index (κ1) is 18.8. The molecule has 2 aromatic heterocycles. The first-order chi connectivity index (χ1) is 12.6. The molecule has 0 unspecified atom stereocenters. The molecule has 0 bridgehead atoms. The normalized spacial score (nSPS) is 20.1. The minimum absolute atomic E-state index is 0.0583. The molecular weight excluding hydrogens is 348 g/mol. The van der Waals surface area contributed by atoms with Gasteiger partial charge in [-0.15, -0.1) is 16.8 Å². The number of aryl methyl sites for hydroxylation is 1. The molecule has 0 aromatic carbocycles. The number of nitrogens with one attached hydrogen (secondary N) is 1. The number of furan rings is 1. The number of nitrogens with zero attached hydrogens (tertiary/aromatic N) is 3. The Morgan fingerprint density at radius 1 is 1.46 bits per heavy atom. The smallest absolute Gasteiger partial charge is 0.230 e. The lowest BCUT2D eigenvalue weighted by Gasteiger charge is -2.29. The highest BCUT2D eigenvalue weighted by molar-refractivity contribution is 7.99. The number of allylic oxidation sites excluding steroid dienone is 1. The summed E-state index contributed by atoms with van der Waals surface area (Å²) in [6.45, 7) is 8.51. The molecule has 6 nitrogen and oxygen atoms in total. The molecule has 7 heteroatoms. The second-order valence-electron chi connectivity index (χ2n) is 6.82. The fraction of sp³-hybridized carbons (Fsp3) is 0.526. The molecule has 1 saturated carbocycles. The number of hydrogen-bond donors (Lipinski definition) is 1. The van der Waals surface area contributed by atoms with Gasteiger partial charge in [0.1, 0.15) is 5.76 Å². The van der Waals surface area contributed by atoms with Gasteiger partial charge in [0.15, 0.2) is 11.0 Å². The Morgan fingerprint density at radius 3 is 2.96 bits per heavy atom. The molecule has 0 spiro atoms. The van der Waals surface area contributed by atoms with Crippen molar-refractivity contribution in [2.24, 2.45) is 5.92 Å². The van der Waals surface area contributed by atoms with Gasteiger partial charge in [-0.25, -0.2) is 0 Å². The molecule has 140 valence electrons. The lowest BCUT2D eigenvalue weighted by Crippen LogP contribution is -2.41. The summed E-state index contributed by atoms with van der Waals surface area (Å²) in [7, 11) is 0. The zero-order chi connectivity index (χ0) is 18.5. The van der Waals surface area contributed by atoms with Crippen LogP contribution >= 0.6 is 11.8 Å². The van der Waals surface area contributed by atoms with Crippen molar-refractivity contribution >= 4 is 17.7 Å². The average molecular weight is 375 g/mol. The third-order valence-corrected chi connectivity index (χ3v) is 5.89. The molecule has 2 heterocycles. The van der Waals surface area contributed by atoms with Crippen molar-refractivity contribution in [1.29, 1.82) is 0 Å². The number of aromatic nitrogens is 3. The van der Waals surface area contributed by atoms with Crippen molar-refractivity contribution in [2.45, 2.75) is 57.3 Å². The number of thioether (sulfide) groups is 1. The molecule has 1 aliphatic carbocycles. The Kier molecular flexibility index (Phi) is 6.19. The Morgan fingerprint density at radius 2 is 2.27 bits per heavy atom. The summed E-state index contributed by atoms with van der Waals surface area (Å²) < 4.78 is 7.34. The highest BCUT2D eigenvalue weighted by Gasteiger charge is 2.23. The molecule has 1 N–H and O–H groups in total. The van der Waals surface area contributed by atoms with Crippen LogP contribution in [0.2, 0.25) is 0 Å². The molecule has 1 amide bonds. The number of carbonyl (C=O) groups excluding carboxylic acids is 1. The minimum Gasteiger partial charge on any atom is -0.469 e. The number of carbonyl (C=O) groups is 1. The summed E-state index contributed by atoms with van der Waals surface area (Å²) in [5.74, 6) is 2.48. The standard InChI is InChI=1S/C19H26N4O2S/c1-4-10-23-18(15-9-11-25-14(15)3)21-22-19(23)26-12-17(24)20-16-8-6-5-7-13(16)2/h4,9,11,13,16H,1,5-8,10,12H2,2-3H3,(H,20,24)/t13-,16-/m1/s1. The van der Waals surface area contributed by atoms with Gasteiger partial charge in [-0.3, -0.25) is 9.36 Å². The molecular formula is C19H26N4O2S. The molecule has 26 heavy (non-hydrogen) atoms. The van der Waals surface area contributed by atoms with E-state index in [-0.39, 0.29) is 5.91 Å². The van der Waals surface area contributed by atoms with Gasteiger partial charge in [-0.05, 0) is 31.7 Å². The highest BCUT2D eigenvalue weighted by Crippen LogP contribution is 2.27. The maximum atomic E-state index is 12.4. The van der Waals surface area contributed by atoms with Gasteiger partial charge in [0.2, 0.25) is 5.91 Å². The van der Waals surface area contributed by atoms with Gasteiger partial charge in [0, 0.05) is 12.6 Å². The van der Waals surface area contributed by atoms with E-state index in [1.807, 2.05) is 17.6 Å². The second kappa shape index (κ2) is 8.58. The third-order valence-electron chi connectivity index (χ3n) is 4.92.